The summed E-state index contributed by atoms with van der Waals surface area (Å²) in [6.45, 7) is 1.73. The second-order valence-corrected chi connectivity index (χ2v) is 4.83. The molecule has 2 aromatic rings. The van der Waals surface area contributed by atoms with Crippen molar-refractivity contribution in [3.63, 3.8) is 0 Å². The topological polar surface area (TPSA) is 72.2 Å². The zero-order chi connectivity index (χ0) is 17.8. The van der Waals surface area contributed by atoms with E-state index in [1.165, 1.54) is 16.8 Å². The highest BCUT2D eigenvalue weighted by Gasteiger charge is 2.38. The summed E-state index contributed by atoms with van der Waals surface area (Å²) in [6, 6.07) is 6.51. The van der Waals surface area contributed by atoms with Crippen LogP contribution in [0.1, 0.15) is 5.82 Å². The zero-order valence-electron chi connectivity index (χ0n) is 11.4. The minimum absolute atomic E-state index is 0.184. The van der Waals surface area contributed by atoms with E-state index in [-0.39, 0.29) is 5.56 Å². The van der Waals surface area contributed by atoms with Gasteiger partial charge in [-0.2, -0.15) is 13.2 Å². The molecule has 124 valence electrons. The third-order valence-electron chi connectivity index (χ3n) is 2.44. The Balaban J connectivity index is 0.000000322. The third kappa shape index (κ3) is 4.97. The van der Waals surface area contributed by atoms with Crippen LogP contribution in [-0.4, -0.2) is 26.8 Å². The number of hydrogen-bond acceptors (Lipinski definition) is 3. The predicted octanol–water partition coefficient (Wildman–Crippen LogP) is 3.48. The number of benzene rings is 1. The van der Waals surface area contributed by atoms with Gasteiger partial charge in [-0.15, -0.1) is 0 Å². The first-order valence-electron chi connectivity index (χ1n) is 5.85. The summed E-state index contributed by atoms with van der Waals surface area (Å²) in [5, 5.41) is 7.89. The van der Waals surface area contributed by atoms with E-state index in [1.807, 2.05) is 0 Å². The molecule has 0 saturated heterocycles. The molecule has 0 aliphatic rings. The van der Waals surface area contributed by atoms with Crippen LogP contribution in [0.3, 0.4) is 0 Å². The number of aromatic nitrogens is 2. The number of aliphatic carboxylic acids is 1. The average Bonchev–Trinajstić information content (AvgIpc) is 2.43. The van der Waals surface area contributed by atoms with Crippen LogP contribution in [0.25, 0.3) is 5.69 Å². The summed E-state index contributed by atoms with van der Waals surface area (Å²) in [7, 11) is 0. The Morgan fingerprint density at radius 1 is 1.26 bits per heavy atom. The van der Waals surface area contributed by atoms with Gasteiger partial charge in [0.15, 0.2) is 0 Å². The summed E-state index contributed by atoms with van der Waals surface area (Å²) in [6.07, 6.45) is -3.62. The lowest BCUT2D eigenvalue weighted by molar-refractivity contribution is -0.192. The van der Waals surface area contributed by atoms with Gasteiger partial charge in [0.1, 0.15) is 5.82 Å². The normalized spacial score (nSPS) is 10.7. The van der Waals surface area contributed by atoms with Crippen LogP contribution < -0.4 is 5.56 Å². The second kappa shape index (κ2) is 7.47. The van der Waals surface area contributed by atoms with Gasteiger partial charge in [0.05, 0.1) is 15.7 Å². The monoisotopic (exact) mass is 368 g/mol. The highest BCUT2D eigenvalue weighted by molar-refractivity contribution is 6.43. The Morgan fingerprint density at radius 2 is 1.83 bits per heavy atom. The molecule has 0 spiro atoms. The maximum Gasteiger partial charge on any atom is 0.490 e. The number of alkyl halides is 3. The lowest BCUT2D eigenvalue weighted by Crippen LogP contribution is -2.21. The first-order chi connectivity index (χ1) is 10.6. The number of carboxylic acid groups (broad SMARTS) is 1. The molecular weight excluding hydrogens is 360 g/mol. The molecule has 1 N–H and O–H groups in total. The smallest absolute Gasteiger partial charge is 0.475 e. The number of carbonyl (C=O) groups is 1. The van der Waals surface area contributed by atoms with Crippen molar-refractivity contribution in [1.29, 1.82) is 0 Å². The molecule has 1 heterocycles. The Morgan fingerprint density at radius 3 is 2.30 bits per heavy atom. The van der Waals surface area contributed by atoms with Crippen LogP contribution in [0.15, 0.2) is 35.3 Å². The highest BCUT2D eigenvalue weighted by atomic mass is 35.5. The standard InChI is InChI=1S/C11H8Cl2N2O.C2HF3O2/c1-7-14-6-5-10(16)15(7)9-4-2-3-8(12)11(9)13;3-2(4,5)1(6)7/h2-6H,1H3;(H,6,7). The van der Waals surface area contributed by atoms with Gasteiger partial charge in [-0.05, 0) is 19.1 Å². The molecule has 0 unspecified atom stereocenters. The lowest BCUT2D eigenvalue weighted by atomic mass is 10.3. The van der Waals surface area contributed by atoms with Crippen molar-refractivity contribution in [2.45, 2.75) is 13.1 Å². The Hall–Kier alpha value is -2.06. The largest absolute Gasteiger partial charge is 0.490 e. The molecule has 0 amide bonds. The Kier molecular flexibility index (Phi) is 6.17. The molecule has 0 radical (unpaired) electrons. The lowest BCUT2D eigenvalue weighted by Gasteiger charge is -2.10. The van der Waals surface area contributed by atoms with Crippen molar-refractivity contribution in [2.75, 3.05) is 0 Å². The number of aryl methyl sites for hydroxylation is 1. The zero-order valence-corrected chi connectivity index (χ0v) is 12.9. The molecule has 23 heavy (non-hydrogen) atoms. The highest BCUT2D eigenvalue weighted by Crippen LogP contribution is 2.27. The first-order valence-corrected chi connectivity index (χ1v) is 6.60. The molecule has 0 bridgehead atoms. The van der Waals surface area contributed by atoms with Crippen molar-refractivity contribution in [1.82, 2.24) is 9.55 Å². The summed E-state index contributed by atoms with van der Waals surface area (Å²) >= 11 is 12.0. The van der Waals surface area contributed by atoms with Crippen molar-refractivity contribution < 1.29 is 23.1 Å². The van der Waals surface area contributed by atoms with Crippen LogP contribution >= 0.6 is 23.2 Å². The third-order valence-corrected chi connectivity index (χ3v) is 3.25. The molecule has 0 aliphatic heterocycles. The second-order valence-electron chi connectivity index (χ2n) is 4.04. The number of nitrogens with zero attached hydrogens (tertiary/aromatic N) is 2. The molecule has 10 heteroatoms. The molecule has 0 aliphatic carbocycles. The van der Waals surface area contributed by atoms with Crippen molar-refractivity contribution in [3.05, 3.63) is 56.7 Å². The van der Waals surface area contributed by atoms with E-state index < -0.39 is 12.1 Å². The molecule has 5 nitrogen and oxygen atoms in total. The summed E-state index contributed by atoms with van der Waals surface area (Å²) in [4.78, 5) is 24.7. The van der Waals surface area contributed by atoms with Crippen molar-refractivity contribution in [2.24, 2.45) is 0 Å². The number of rotatable bonds is 1. The van der Waals surface area contributed by atoms with E-state index in [0.717, 1.165) is 0 Å². The van der Waals surface area contributed by atoms with Gasteiger partial charge in [-0.3, -0.25) is 9.36 Å². The van der Waals surface area contributed by atoms with Crippen LogP contribution in [-0.2, 0) is 4.79 Å². The van der Waals surface area contributed by atoms with Gasteiger partial charge in [0, 0.05) is 12.3 Å². The van der Waals surface area contributed by atoms with E-state index in [9.17, 15) is 18.0 Å². The number of carboxylic acids is 1. The molecule has 1 aromatic carbocycles. The minimum Gasteiger partial charge on any atom is -0.475 e. The number of halogens is 5. The first kappa shape index (κ1) is 19.0. The van der Waals surface area contributed by atoms with Gasteiger partial charge in [-0.1, -0.05) is 29.3 Å². The molecule has 0 atom stereocenters. The van der Waals surface area contributed by atoms with Gasteiger partial charge in [0.25, 0.3) is 5.56 Å². The van der Waals surface area contributed by atoms with Gasteiger partial charge in [0.2, 0.25) is 0 Å². The molecule has 0 saturated carbocycles. The van der Waals surface area contributed by atoms with E-state index in [2.05, 4.69) is 4.98 Å². The van der Waals surface area contributed by atoms with Crippen molar-refractivity contribution >= 4 is 29.2 Å². The quantitative estimate of drug-likeness (QED) is 0.836. The molecule has 2 rings (SSSR count). The Labute approximate surface area is 137 Å². The molecule has 1 aromatic heterocycles. The van der Waals surface area contributed by atoms with Crippen LogP contribution in [0.4, 0.5) is 13.2 Å². The van der Waals surface area contributed by atoms with Crippen LogP contribution in [0.5, 0.6) is 0 Å². The Bertz CT molecular complexity index is 776. The fourth-order valence-corrected chi connectivity index (χ4v) is 1.84. The fourth-order valence-electron chi connectivity index (χ4n) is 1.46. The van der Waals surface area contributed by atoms with E-state index in [4.69, 9.17) is 33.1 Å². The van der Waals surface area contributed by atoms with Gasteiger partial charge >= 0.3 is 12.1 Å². The number of hydrogen-bond donors (Lipinski definition) is 1. The maximum atomic E-state index is 11.7. The fraction of sp³-hybridized carbons (Fsp3) is 0.154. The predicted molar refractivity (Wildman–Crippen MR) is 78.3 cm³/mol. The summed E-state index contributed by atoms with van der Waals surface area (Å²) in [5.41, 5.74) is 0.362. The van der Waals surface area contributed by atoms with E-state index in [0.29, 0.717) is 21.6 Å². The van der Waals surface area contributed by atoms with Crippen molar-refractivity contribution in [3.8, 4) is 5.69 Å². The SMILES string of the molecule is Cc1nccc(=O)n1-c1cccc(Cl)c1Cl.O=C(O)C(F)(F)F. The minimum atomic E-state index is -5.08. The summed E-state index contributed by atoms with van der Waals surface area (Å²) in [5.74, 6) is -2.19. The maximum absolute atomic E-state index is 11.7. The average molecular weight is 369 g/mol. The van der Waals surface area contributed by atoms with Gasteiger partial charge < -0.3 is 5.11 Å². The van der Waals surface area contributed by atoms with E-state index >= 15 is 0 Å². The van der Waals surface area contributed by atoms with Crippen LogP contribution in [0.2, 0.25) is 10.0 Å². The molecule has 0 fully saturated rings. The van der Waals surface area contributed by atoms with E-state index in [1.54, 1.807) is 25.1 Å². The van der Waals surface area contributed by atoms with Crippen LogP contribution in [0, 0.1) is 6.92 Å². The van der Waals surface area contributed by atoms with Gasteiger partial charge in [-0.25, -0.2) is 9.78 Å². The summed E-state index contributed by atoms with van der Waals surface area (Å²) < 4.78 is 33.2. The molecular formula is C13H9Cl2F3N2O3.